The molecule has 0 aliphatic heterocycles. The van der Waals surface area contributed by atoms with Crippen LogP contribution in [-0.4, -0.2) is 38.8 Å². The smallest absolute Gasteiger partial charge is 0.123 e. The van der Waals surface area contributed by atoms with Crippen molar-refractivity contribution in [2.45, 2.75) is 33.2 Å². The van der Waals surface area contributed by atoms with Gasteiger partial charge in [0.1, 0.15) is 11.5 Å². The predicted molar refractivity (Wildman–Crippen MR) is 88.0 cm³/mol. The lowest BCUT2D eigenvalue weighted by Crippen LogP contribution is -2.36. The maximum Gasteiger partial charge on any atom is 0.123 e. The van der Waals surface area contributed by atoms with Crippen molar-refractivity contribution >= 4 is 0 Å². The van der Waals surface area contributed by atoms with Crippen molar-refractivity contribution in [3.05, 3.63) is 23.8 Å². The van der Waals surface area contributed by atoms with Crippen LogP contribution in [0.5, 0.6) is 11.5 Å². The van der Waals surface area contributed by atoms with E-state index < -0.39 is 0 Å². The number of benzene rings is 1. The van der Waals surface area contributed by atoms with Gasteiger partial charge in [0.15, 0.2) is 0 Å². The van der Waals surface area contributed by atoms with Gasteiger partial charge in [-0.1, -0.05) is 27.2 Å². The standard InChI is InChI=1S/C17H30N2O2/c1-6-13(3)12-19(7-2)16(11-18)15-10-14(20-4)8-9-17(15)21-5/h8-10,13,16H,6-7,11-12,18H2,1-5H3. The highest BCUT2D eigenvalue weighted by Gasteiger charge is 2.23. The summed E-state index contributed by atoms with van der Waals surface area (Å²) in [6, 6.07) is 6.05. The Morgan fingerprint density at radius 1 is 1.19 bits per heavy atom. The summed E-state index contributed by atoms with van der Waals surface area (Å²) in [5.74, 6) is 2.35. The van der Waals surface area contributed by atoms with Crippen LogP contribution in [-0.2, 0) is 0 Å². The molecule has 0 aliphatic rings. The molecule has 0 bridgehead atoms. The van der Waals surface area contributed by atoms with Gasteiger partial charge in [-0.15, -0.1) is 0 Å². The maximum atomic E-state index is 6.08. The van der Waals surface area contributed by atoms with Crippen LogP contribution in [0.2, 0.25) is 0 Å². The number of ether oxygens (including phenoxy) is 2. The maximum absolute atomic E-state index is 6.08. The molecule has 0 saturated heterocycles. The van der Waals surface area contributed by atoms with Crippen LogP contribution >= 0.6 is 0 Å². The Hall–Kier alpha value is -1.26. The van der Waals surface area contributed by atoms with E-state index in [9.17, 15) is 0 Å². The second-order valence-corrected chi connectivity index (χ2v) is 5.46. The van der Waals surface area contributed by atoms with E-state index in [4.69, 9.17) is 15.2 Å². The molecule has 2 N–H and O–H groups in total. The van der Waals surface area contributed by atoms with E-state index in [0.29, 0.717) is 12.5 Å². The zero-order chi connectivity index (χ0) is 15.8. The van der Waals surface area contributed by atoms with Gasteiger partial charge in [0.2, 0.25) is 0 Å². The Morgan fingerprint density at radius 3 is 2.38 bits per heavy atom. The molecule has 0 aliphatic carbocycles. The van der Waals surface area contributed by atoms with Crippen molar-refractivity contribution in [1.29, 1.82) is 0 Å². The Bertz CT molecular complexity index is 423. The Labute approximate surface area is 129 Å². The fraction of sp³-hybridized carbons (Fsp3) is 0.647. The van der Waals surface area contributed by atoms with Crippen LogP contribution in [0.4, 0.5) is 0 Å². The van der Waals surface area contributed by atoms with Gasteiger partial charge < -0.3 is 15.2 Å². The first-order valence-corrected chi connectivity index (χ1v) is 7.77. The highest BCUT2D eigenvalue weighted by Crippen LogP contribution is 2.32. The van der Waals surface area contributed by atoms with E-state index >= 15 is 0 Å². The van der Waals surface area contributed by atoms with Gasteiger partial charge in [0, 0.05) is 18.7 Å². The van der Waals surface area contributed by atoms with Gasteiger partial charge in [-0.25, -0.2) is 0 Å². The molecule has 1 aromatic rings. The Morgan fingerprint density at radius 2 is 1.90 bits per heavy atom. The van der Waals surface area contributed by atoms with Gasteiger partial charge in [-0.2, -0.15) is 0 Å². The first kappa shape index (κ1) is 17.8. The highest BCUT2D eigenvalue weighted by atomic mass is 16.5. The summed E-state index contributed by atoms with van der Waals surface area (Å²) < 4.78 is 10.9. The van der Waals surface area contributed by atoms with Crippen molar-refractivity contribution in [1.82, 2.24) is 4.90 Å². The van der Waals surface area contributed by atoms with Crippen molar-refractivity contribution < 1.29 is 9.47 Å². The molecule has 1 aromatic carbocycles. The third kappa shape index (κ3) is 4.61. The van der Waals surface area contributed by atoms with E-state index in [1.165, 1.54) is 6.42 Å². The predicted octanol–water partition coefficient (Wildman–Crippen LogP) is 3.07. The number of hydrogen-bond acceptors (Lipinski definition) is 4. The number of nitrogens with zero attached hydrogens (tertiary/aromatic N) is 1. The molecule has 0 aromatic heterocycles. The van der Waals surface area contributed by atoms with E-state index in [-0.39, 0.29) is 6.04 Å². The zero-order valence-corrected chi connectivity index (χ0v) is 14.1. The average molecular weight is 294 g/mol. The number of nitrogens with two attached hydrogens (primary N) is 1. The van der Waals surface area contributed by atoms with Crippen LogP contribution < -0.4 is 15.2 Å². The fourth-order valence-corrected chi connectivity index (χ4v) is 2.58. The van der Waals surface area contributed by atoms with Crippen molar-refractivity contribution in [2.75, 3.05) is 33.9 Å². The third-order valence-electron chi connectivity index (χ3n) is 4.11. The highest BCUT2D eigenvalue weighted by molar-refractivity contribution is 5.42. The summed E-state index contributed by atoms with van der Waals surface area (Å²) >= 11 is 0. The van der Waals surface area contributed by atoms with E-state index in [1.54, 1.807) is 14.2 Å². The van der Waals surface area contributed by atoms with E-state index in [2.05, 4.69) is 25.7 Å². The first-order valence-electron chi connectivity index (χ1n) is 7.77. The molecule has 4 nitrogen and oxygen atoms in total. The van der Waals surface area contributed by atoms with Crippen molar-refractivity contribution in [3.63, 3.8) is 0 Å². The molecule has 4 heteroatoms. The summed E-state index contributed by atoms with van der Waals surface area (Å²) in [6.45, 7) is 9.24. The van der Waals surface area contributed by atoms with Crippen LogP contribution in [0.25, 0.3) is 0 Å². The SMILES string of the molecule is CCC(C)CN(CC)C(CN)c1cc(OC)ccc1OC. The number of hydrogen-bond donors (Lipinski definition) is 1. The van der Waals surface area contributed by atoms with Crippen molar-refractivity contribution in [2.24, 2.45) is 11.7 Å². The van der Waals surface area contributed by atoms with Crippen LogP contribution in [0.1, 0.15) is 38.8 Å². The molecule has 0 radical (unpaired) electrons. The molecule has 21 heavy (non-hydrogen) atoms. The minimum absolute atomic E-state index is 0.147. The number of likely N-dealkylation sites (N-methyl/N-ethyl adjacent to an activating group) is 1. The molecule has 0 spiro atoms. The summed E-state index contributed by atoms with van der Waals surface area (Å²) in [7, 11) is 3.38. The quantitative estimate of drug-likeness (QED) is 0.760. The van der Waals surface area contributed by atoms with E-state index in [1.807, 2.05) is 18.2 Å². The van der Waals surface area contributed by atoms with Crippen LogP contribution in [0, 0.1) is 5.92 Å². The summed E-state index contributed by atoms with van der Waals surface area (Å²) in [5.41, 5.74) is 7.18. The zero-order valence-electron chi connectivity index (χ0n) is 14.1. The molecule has 0 saturated carbocycles. The molecule has 2 atom stereocenters. The minimum atomic E-state index is 0.147. The Kier molecular flexibility index (Phi) is 7.54. The number of methoxy groups -OCH3 is 2. The minimum Gasteiger partial charge on any atom is -0.497 e. The van der Waals surface area contributed by atoms with Gasteiger partial charge in [0.25, 0.3) is 0 Å². The average Bonchev–Trinajstić information content (AvgIpc) is 2.53. The molecule has 0 fully saturated rings. The topological polar surface area (TPSA) is 47.7 Å². The second kappa shape index (κ2) is 8.90. The Balaban J connectivity index is 3.11. The van der Waals surface area contributed by atoms with Gasteiger partial charge in [-0.3, -0.25) is 4.90 Å². The number of rotatable bonds is 9. The van der Waals surface area contributed by atoms with E-state index in [0.717, 1.165) is 30.2 Å². The monoisotopic (exact) mass is 294 g/mol. The lowest BCUT2D eigenvalue weighted by atomic mass is 10.0. The molecule has 120 valence electrons. The normalized spacial score (nSPS) is 14.0. The third-order valence-corrected chi connectivity index (χ3v) is 4.11. The molecular weight excluding hydrogens is 264 g/mol. The van der Waals surface area contributed by atoms with Crippen LogP contribution in [0.15, 0.2) is 18.2 Å². The van der Waals surface area contributed by atoms with Gasteiger partial charge >= 0.3 is 0 Å². The fourth-order valence-electron chi connectivity index (χ4n) is 2.58. The van der Waals surface area contributed by atoms with Gasteiger partial charge in [0.05, 0.1) is 20.3 Å². The van der Waals surface area contributed by atoms with Crippen molar-refractivity contribution in [3.8, 4) is 11.5 Å². The molecule has 1 rings (SSSR count). The first-order chi connectivity index (χ1) is 10.1. The lowest BCUT2D eigenvalue weighted by Gasteiger charge is -2.33. The molecule has 0 amide bonds. The summed E-state index contributed by atoms with van der Waals surface area (Å²) in [4.78, 5) is 2.42. The van der Waals surface area contributed by atoms with Gasteiger partial charge in [-0.05, 0) is 30.7 Å². The second-order valence-electron chi connectivity index (χ2n) is 5.46. The summed E-state index contributed by atoms with van der Waals surface area (Å²) in [6.07, 6.45) is 1.17. The largest absolute Gasteiger partial charge is 0.497 e. The summed E-state index contributed by atoms with van der Waals surface area (Å²) in [5, 5.41) is 0. The van der Waals surface area contributed by atoms with Crippen LogP contribution in [0.3, 0.4) is 0 Å². The molecule has 0 heterocycles. The lowest BCUT2D eigenvalue weighted by molar-refractivity contribution is 0.179. The molecular formula is C17H30N2O2. The molecule has 2 unspecified atom stereocenters.